The van der Waals surface area contributed by atoms with Gasteiger partial charge >= 0.3 is 0 Å². The summed E-state index contributed by atoms with van der Waals surface area (Å²) in [5.74, 6) is 0.821. The first-order chi connectivity index (χ1) is 7.51. The molecule has 1 N–H and O–H groups in total. The third-order valence-corrected chi connectivity index (χ3v) is 2.47. The van der Waals surface area contributed by atoms with Gasteiger partial charge in [-0.2, -0.15) is 0 Å². The molecule has 3 nitrogen and oxygen atoms in total. The van der Waals surface area contributed by atoms with Crippen molar-refractivity contribution in [3.8, 4) is 5.75 Å². The van der Waals surface area contributed by atoms with Crippen molar-refractivity contribution in [2.45, 2.75) is 26.4 Å². The van der Waals surface area contributed by atoms with Crippen LogP contribution in [0.15, 0.2) is 30.8 Å². The van der Waals surface area contributed by atoms with Crippen LogP contribution in [0.5, 0.6) is 5.75 Å². The first-order valence-corrected chi connectivity index (χ1v) is 5.26. The standard InChI is InChI=1S/C13H18O3/c1-5-15-12-8-6-11(7-9-12)10(2)13(3,4)16-14/h6-9,14H,2,5H2,1,3-4H3. The largest absolute Gasteiger partial charge is 0.494 e. The number of hydrogen-bond acceptors (Lipinski definition) is 3. The monoisotopic (exact) mass is 222 g/mol. The first kappa shape index (κ1) is 12.7. The van der Waals surface area contributed by atoms with Gasteiger partial charge in [-0.05, 0) is 44.0 Å². The molecule has 0 saturated heterocycles. The smallest absolute Gasteiger partial charge is 0.123 e. The van der Waals surface area contributed by atoms with E-state index in [4.69, 9.17) is 9.99 Å². The minimum Gasteiger partial charge on any atom is -0.494 e. The van der Waals surface area contributed by atoms with Crippen molar-refractivity contribution in [1.82, 2.24) is 0 Å². The normalized spacial score (nSPS) is 11.2. The second-order valence-electron chi connectivity index (χ2n) is 4.04. The third-order valence-electron chi connectivity index (χ3n) is 2.47. The fourth-order valence-electron chi connectivity index (χ4n) is 1.32. The molecule has 0 saturated carbocycles. The molecule has 1 aromatic rings. The van der Waals surface area contributed by atoms with Crippen LogP contribution in [0.3, 0.4) is 0 Å². The van der Waals surface area contributed by atoms with Crippen LogP contribution in [-0.2, 0) is 4.89 Å². The van der Waals surface area contributed by atoms with Gasteiger partial charge in [-0.15, -0.1) is 0 Å². The van der Waals surface area contributed by atoms with Gasteiger partial charge in [0.15, 0.2) is 0 Å². The molecule has 0 bridgehead atoms. The van der Waals surface area contributed by atoms with E-state index >= 15 is 0 Å². The van der Waals surface area contributed by atoms with E-state index in [0.29, 0.717) is 6.61 Å². The highest BCUT2D eigenvalue weighted by Crippen LogP contribution is 2.28. The summed E-state index contributed by atoms with van der Waals surface area (Å²) >= 11 is 0. The average molecular weight is 222 g/mol. The van der Waals surface area contributed by atoms with Crippen LogP contribution in [0.25, 0.3) is 5.57 Å². The van der Waals surface area contributed by atoms with Crippen molar-refractivity contribution in [2.24, 2.45) is 0 Å². The van der Waals surface area contributed by atoms with Crippen LogP contribution in [0.1, 0.15) is 26.3 Å². The zero-order valence-corrected chi connectivity index (χ0v) is 9.99. The van der Waals surface area contributed by atoms with Gasteiger partial charge in [0.1, 0.15) is 11.4 Å². The van der Waals surface area contributed by atoms with E-state index in [1.54, 1.807) is 13.8 Å². The highest BCUT2D eigenvalue weighted by Gasteiger charge is 2.23. The lowest BCUT2D eigenvalue weighted by molar-refractivity contribution is -0.293. The maximum Gasteiger partial charge on any atom is 0.123 e. The molecule has 0 spiro atoms. The second-order valence-corrected chi connectivity index (χ2v) is 4.04. The molecule has 16 heavy (non-hydrogen) atoms. The lowest BCUT2D eigenvalue weighted by Gasteiger charge is -2.23. The van der Waals surface area contributed by atoms with Gasteiger partial charge in [-0.25, -0.2) is 4.89 Å². The van der Waals surface area contributed by atoms with Crippen LogP contribution in [0.4, 0.5) is 0 Å². The summed E-state index contributed by atoms with van der Waals surface area (Å²) in [6.45, 7) is 10.0. The third kappa shape index (κ3) is 2.84. The summed E-state index contributed by atoms with van der Waals surface area (Å²) in [7, 11) is 0. The zero-order chi connectivity index (χ0) is 12.2. The topological polar surface area (TPSA) is 38.7 Å². The Morgan fingerprint density at radius 2 is 1.88 bits per heavy atom. The van der Waals surface area contributed by atoms with Gasteiger partial charge in [0.05, 0.1) is 6.61 Å². The summed E-state index contributed by atoms with van der Waals surface area (Å²) in [5, 5.41) is 8.78. The number of hydrogen-bond donors (Lipinski definition) is 1. The number of rotatable bonds is 5. The van der Waals surface area contributed by atoms with E-state index in [2.05, 4.69) is 11.5 Å². The maximum absolute atomic E-state index is 8.78. The molecule has 0 unspecified atom stereocenters. The van der Waals surface area contributed by atoms with E-state index in [1.807, 2.05) is 31.2 Å². The molecule has 1 aromatic carbocycles. The Bertz CT molecular complexity index is 352. The summed E-state index contributed by atoms with van der Waals surface area (Å²) in [6, 6.07) is 7.54. The van der Waals surface area contributed by atoms with Crippen molar-refractivity contribution >= 4 is 5.57 Å². The van der Waals surface area contributed by atoms with Gasteiger partial charge in [0.25, 0.3) is 0 Å². The molecule has 0 aliphatic carbocycles. The zero-order valence-electron chi connectivity index (χ0n) is 9.99. The van der Waals surface area contributed by atoms with E-state index in [9.17, 15) is 0 Å². The van der Waals surface area contributed by atoms with Crippen LogP contribution in [0.2, 0.25) is 0 Å². The Hall–Kier alpha value is -1.32. The number of ether oxygens (including phenoxy) is 1. The second kappa shape index (κ2) is 5.14. The molecule has 0 aliphatic rings. The van der Waals surface area contributed by atoms with Gasteiger partial charge in [0.2, 0.25) is 0 Å². The Morgan fingerprint density at radius 3 is 2.31 bits per heavy atom. The first-order valence-electron chi connectivity index (χ1n) is 5.26. The molecule has 0 heterocycles. The molecule has 0 radical (unpaired) electrons. The van der Waals surface area contributed by atoms with E-state index in [1.165, 1.54) is 0 Å². The van der Waals surface area contributed by atoms with E-state index in [0.717, 1.165) is 16.9 Å². The van der Waals surface area contributed by atoms with E-state index < -0.39 is 5.60 Å². The molecular formula is C13H18O3. The summed E-state index contributed by atoms with van der Waals surface area (Å²) in [5.41, 5.74) is 0.855. The van der Waals surface area contributed by atoms with Crippen molar-refractivity contribution < 1.29 is 14.9 Å². The minimum atomic E-state index is -0.785. The Morgan fingerprint density at radius 1 is 1.31 bits per heavy atom. The van der Waals surface area contributed by atoms with Crippen molar-refractivity contribution in [3.63, 3.8) is 0 Å². The Kier molecular flexibility index (Phi) is 4.10. The summed E-state index contributed by atoms with van der Waals surface area (Å²) < 4.78 is 5.34. The van der Waals surface area contributed by atoms with Crippen LogP contribution in [-0.4, -0.2) is 17.5 Å². The maximum atomic E-state index is 8.78. The van der Waals surface area contributed by atoms with Gasteiger partial charge in [0, 0.05) is 0 Å². The quantitative estimate of drug-likeness (QED) is 0.613. The van der Waals surface area contributed by atoms with Gasteiger partial charge in [-0.1, -0.05) is 18.7 Å². The van der Waals surface area contributed by atoms with Crippen LogP contribution in [0, 0.1) is 0 Å². The molecular weight excluding hydrogens is 204 g/mol. The molecule has 0 amide bonds. The highest BCUT2D eigenvalue weighted by atomic mass is 17.1. The van der Waals surface area contributed by atoms with Crippen molar-refractivity contribution in [2.75, 3.05) is 6.61 Å². The van der Waals surface area contributed by atoms with Crippen molar-refractivity contribution in [3.05, 3.63) is 36.4 Å². The Labute approximate surface area is 96.2 Å². The van der Waals surface area contributed by atoms with Crippen LogP contribution < -0.4 is 4.74 Å². The fourth-order valence-corrected chi connectivity index (χ4v) is 1.32. The molecule has 0 fully saturated rings. The van der Waals surface area contributed by atoms with Crippen molar-refractivity contribution in [1.29, 1.82) is 0 Å². The highest BCUT2D eigenvalue weighted by molar-refractivity contribution is 5.69. The van der Waals surface area contributed by atoms with Crippen LogP contribution >= 0.6 is 0 Å². The molecule has 0 aliphatic heterocycles. The average Bonchev–Trinajstić information content (AvgIpc) is 2.29. The molecule has 0 atom stereocenters. The molecule has 1 rings (SSSR count). The lowest BCUT2D eigenvalue weighted by Crippen LogP contribution is -2.23. The van der Waals surface area contributed by atoms with E-state index in [-0.39, 0.29) is 0 Å². The van der Waals surface area contributed by atoms with Gasteiger partial charge in [-0.3, -0.25) is 5.26 Å². The van der Waals surface area contributed by atoms with Gasteiger partial charge < -0.3 is 4.74 Å². The summed E-state index contributed by atoms with van der Waals surface area (Å²) in [4.78, 5) is 4.40. The molecule has 0 aromatic heterocycles. The molecule has 3 heteroatoms. The SMILES string of the molecule is C=C(c1ccc(OCC)cc1)C(C)(C)OO. The lowest BCUT2D eigenvalue weighted by atomic mass is 9.93. The molecule has 88 valence electrons. The summed E-state index contributed by atoms with van der Waals surface area (Å²) in [6.07, 6.45) is 0. The predicted molar refractivity (Wildman–Crippen MR) is 64.4 cm³/mol. The predicted octanol–water partition coefficient (Wildman–Crippen LogP) is 3.37. The Balaban J connectivity index is 2.86. The minimum absolute atomic E-state index is 0.644. The number of benzene rings is 1. The fraction of sp³-hybridized carbons (Fsp3) is 0.385.